The number of ether oxygens (including phenoxy) is 2. The zero-order chi connectivity index (χ0) is 14.5. The number of aliphatic carboxylic acids is 1. The fourth-order valence-electron chi connectivity index (χ4n) is 1.63. The van der Waals surface area contributed by atoms with Gasteiger partial charge in [0.15, 0.2) is 0 Å². The Morgan fingerprint density at radius 3 is 2.58 bits per heavy atom. The van der Waals surface area contributed by atoms with E-state index in [1.807, 2.05) is 18.2 Å². The van der Waals surface area contributed by atoms with Gasteiger partial charge in [0.05, 0.1) is 7.11 Å². The first-order valence-corrected chi connectivity index (χ1v) is 6.05. The number of methoxy groups -OCH3 is 1. The van der Waals surface area contributed by atoms with Crippen molar-refractivity contribution in [2.45, 2.75) is 26.2 Å². The smallest absolute Gasteiger partial charge is 0.328 e. The summed E-state index contributed by atoms with van der Waals surface area (Å²) >= 11 is 0. The third-order valence-electron chi connectivity index (χ3n) is 2.59. The fourth-order valence-corrected chi connectivity index (χ4v) is 1.63. The molecule has 0 unspecified atom stereocenters. The quantitative estimate of drug-likeness (QED) is 0.831. The number of carboxylic acid groups (broad SMARTS) is 1. The van der Waals surface area contributed by atoms with Crippen LogP contribution in [0.5, 0.6) is 11.5 Å². The molecule has 0 heterocycles. The predicted molar refractivity (Wildman–Crippen MR) is 74.0 cm³/mol. The lowest BCUT2D eigenvalue weighted by molar-refractivity contribution is -0.131. The highest BCUT2D eigenvalue weighted by Crippen LogP contribution is 2.34. The van der Waals surface area contributed by atoms with Crippen LogP contribution in [0.25, 0.3) is 0 Å². The standard InChI is InChI=1S/C15H20O4/c1-15(2,3)12-10-11(18-4)7-8-13(12)19-9-5-6-14(16)17/h5-8,10H,9H2,1-4H3,(H,16,17). The Bertz CT molecular complexity index is 470. The summed E-state index contributed by atoms with van der Waals surface area (Å²) in [5.41, 5.74) is 0.941. The molecule has 1 aromatic carbocycles. The fraction of sp³-hybridized carbons (Fsp3) is 0.400. The van der Waals surface area contributed by atoms with Crippen LogP contribution < -0.4 is 9.47 Å². The highest BCUT2D eigenvalue weighted by Gasteiger charge is 2.19. The second kappa shape index (κ2) is 6.27. The Kier molecular flexibility index (Phi) is 4.98. The Morgan fingerprint density at radius 1 is 1.37 bits per heavy atom. The Balaban J connectivity index is 2.91. The maximum absolute atomic E-state index is 10.4. The molecule has 4 nitrogen and oxygen atoms in total. The third-order valence-corrected chi connectivity index (χ3v) is 2.59. The van der Waals surface area contributed by atoms with Gasteiger partial charge in [0.25, 0.3) is 0 Å². The number of benzene rings is 1. The molecular weight excluding hydrogens is 244 g/mol. The zero-order valence-corrected chi connectivity index (χ0v) is 11.8. The van der Waals surface area contributed by atoms with Gasteiger partial charge in [-0.2, -0.15) is 0 Å². The molecule has 0 radical (unpaired) electrons. The summed E-state index contributed by atoms with van der Waals surface area (Å²) < 4.78 is 10.8. The van der Waals surface area contributed by atoms with Crippen LogP contribution in [0, 0.1) is 0 Å². The van der Waals surface area contributed by atoms with E-state index in [1.54, 1.807) is 7.11 Å². The number of carboxylic acids is 1. The van der Waals surface area contributed by atoms with Gasteiger partial charge < -0.3 is 14.6 Å². The van der Waals surface area contributed by atoms with Gasteiger partial charge in [-0.1, -0.05) is 20.8 Å². The van der Waals surface area contributed by atoms with E-state index >= 15 is 0 Å². The molecule has 0 saturated carbocycles. The van der Waals surface area contributed by atoms with Crippen molar-refractivity contribution in [3.63, 3.8) is 0 Å². The average molecular weight is 264 g/mol. The minimum atomic E-state index is -0.977. The summed E-state index contributed by atoms with van der Waals surface area (Å²) in [7, 11) is 1.62. The lowest BCUT2D eigenvalue weighted by Gasteiger charge is -2.23. The van der Waals surface area contributed by atoms with E-state index < -0.39 is 5.97 Å². The molecule has 104 valence electrons. The van der Waals surface area contributed by atoms with Crippen LogP contribution in [0.2, 0.25) is 0 Å². The Morgan fingerprint density at radius 2 is 2.05 bits per heavy atom. The van der Waals surface area contributed by atoms with E-state index in [9.17, 15) is 4.79 Å². The van der Waals surface area contributed by atoms with Gasteiger partial charge in [0.2, 0.25) is 0 Å². The summed E-state index contributed by atoms with van der Waals surface area (Å²) in [5.74, 6) is 0.538. The molecule has 0 aliphatic rings. The van der Waals surface area contributed by atoms with Crippen molar-refractivity contribution in [3.8, 4) is 11.5 Å². The summed E-state index contributed by atoms with van der Waals surface area (Å²) in [5, 5.41) is 8.50. The zero-order valence-electron chi connectivity index (χ0n) is 11.8. The van der Waals surface area contributed by atoms with Crippen LogP contribution in [0.15, 0.2) is 30.4 Å². The van der Waals surface area contributed by atoms with Crippen molar-refractivity contribution < 1.29 is 19.4 Å². The van der Waals surface area contributed by atoms with Crippen LogP contribution in [0.3, 0.4) is 0 Å². The minimum Gasteiger partial charge on any atom is -0.497 e. The van der Waals surface area contributed by atoms with Gasteiger partial charge in [-0.05, 0) is 29.7 Å². The van der Waals surface area contributed by atoms with E-state index in [4.69, 9.17) is 14.6 Å². The van der Waals surface area contributed by atoms with Gasteiger partial charge in [-0.25, -0.2) is 4.79 Å². The average Bonchev–Trinajstić information content (AvgIpc) is 2.33. The van der Waals surface area contributed by atoms with Crippen LogP contribution in [-0.2, 0) is 10.2 Å². The molecule has 0 amide bonds. The molecule has 0 fully saturated rings. The van der Waals surface area contributed by atoms with Crippen molar-refractivity contribution in [2.24, 2.45) is 0 Å². The molecule has 0 aliphatic heterocycles. The van der Waals surface area contributed by atoms with E-state index in [-0.39, 0.29) is 12.0 Å². The molecule has 0 aromatic heterocycles. The van der Waals surface area contributed by atoms with E-state index in [0.29, 0.717) is 0 Å². The van der Waals surface area contributed by atoms with E-state index in [2.05, 4.69) is 20.8 Å². The topological polar surface area (TPSA) is 55.8 Å². The Labute approximate surface area is 113 Å². The largest absolute Gasteiger partial charge is 0.497 e. The van der Waals surface area contributed by atoms with Gasteiger partial charge in [0, 0.05) is 11.6 Å². The van der Waals surface area contributed by atoms with Gasteiger partial charge in [-0.3, -0.25) is 0 Å². The Hall–Kier alpha value is -1.97. The van der Waals surface area contributed by atoms with E-state index in [0.717, 1.165) is 23.1 Å². The van der Waals surface area contributed by atoms with Crippen LogP contribution in [0.4, 0.5) is 0 Å². The number of hydrogen-bond acceptors (Lipinski definition) is 3. The first-order chi connectivity index (χ1) is 8.84. The molecular formula is C15H20O4. The second-order valence-corrected chi connectivity index (χ2v) is 5.16. The highest BCUT2D eigenvalue weighted by molar-refractivity contribution is 5.79. The molecule has 19 heavy (non-hydrogen) atoms. The predicted octanol–water partition coefficient (Wildman–Crippen LogP) is 3.01. The lowest BCUT2D eigenvalue weighted by Crippen LogP contribution is -2.13. The van der Waals surface area contributed by atoms with Gasteiger partial charge in [0.1, 0.15) is 18.1 Å². The molecule has 4 heteroatoms. The van der Waals surface area contributed by atoms with Crippen molar-refractivity contribution in [3.05, 3.63) is 35.9 Å². The summed E-state index contributed by atoms with van der Waals surface area (Å²) in [4.78, 5) is 10.4. The summed E-state index contributed by atoms with van der Waals surface area (Å²) in [6.45, 7) is 6.48. The lowest BCUT2D eigenvalue weighted by atomic mass is 9.86. The minimum absolute atomic E-state index is 0.0830. The second-order valence-electron chi connectivity index (χ2n) is 5.16. The monoisotopic (exact) mass is 264 g/mol. The summed E-state index contributed by atoms with van der Waals surface area (Å²) in [6.07, 6.45) is 2.54. The highest BCUT2D eigenvalue weighted by atomic mass is 16.5. The van der Waals surface area contributed by atoms with Crippen molar-refractivity contribution >= 4 is 5.97 Å². The van der Waals surface area contributed by atoms with Crippen LogP contribution in [0.1, 0.15) is 26.3 Å². The number of rotatable bonds is 5. The van der Waals surface area contributed by atoms with Gasteiger partial charge in [-0.15, -0.1) is 0 Å². The normalized spacial score (nSPS) is 11.6. The molecule has 0 bridgehead atoms. The van der Waals surface area contributed by atoms with Crippen LogP contribution in [-0.4, -0.2) is 24.8 Å². The SMILES string of the molecule is COc1ccc(OCC=CC(=O)O)c(C(C)(C)C)c1. The first kappa shape index (κ1) is 15.1. The maximum atomic E-state index is 10.4. The van der Waals surface area contributed by atoms with Crippen molar-refractivity contribution in [1.29, 1.82) is 0 Å². The van der Waals surface area contributed by atoms with E-state index in [1.165, 1.54) is 6.08 Å². The first-order valence-electron chi connectivity index (χ1n) is 6.05. The third kappa shape index (κ3) is 4.66. The molecule has 1 rings (SSSR count). The maximum Gasteiger partial charge on any atom is 0.328 e. The molecule has 0 atom stereocenters. The molecule has 0 aliphatic carbocycles. The molecule has 0 spiro atoms. The van der Waals surface area contributed by atoms with Crippen molar-refractivity contribution in [2.75, 3.05) is 13.7 Å². The van der Waals surface area contributed by atoms with Crippen molar-refractivity contribution in [1.82, 2.24) is 0 Å². The number of hydrogen-bond donors (Lipinski definition) is 1. The number of carbonyl (C=O) groups is 1. The van der Waals surface area contributed by atoms with Crippen LogP contribution >= 0.6 is 0 Å². The molecule has 0 saturated heterocycles. The summed E-state index contributed by atoms with van der Waals surface area (Å²) in [6, 6.07) is 5.61. The van der Waals surface area contributed by atoms with Gasteiger partial charge >= 0.3 is 5.97 Å². The molecule has 1 N–H and O–H groups in total. The molecule has 1 aromatic rings.